The maximum Gasteiger partial charge on any atom is 0.233 e. The van der Waals surface area contributed by atoms with Crippen LogP contribution in [-0.2, 0) is 18.4 Å². The number of carbonyl (C=O) groups excluding carboxylic acids is 1. The van der Waals surface area contributed by atoms with Crippen molar-refractivity contribution in [2.75, 3.05) is 12.3 Å². The van der Waals surface area contributed by atoms with Crippen molar-refractivity contribution in [2.45, 2.75) is 18.6 Å². The van der Waals surface area contributed by atoms with Gasteiger partial charge in [-0.2, -0.15) is 0 Å². The maximum absolute atomic E-state index is 14.0. The molecule has 0 aliphatic rings. The molecule has 3 rings (SSSR count). The highest BCUT2D eigenvalue weighted by atomic mass is 32.2. The summed E-state index contributed by atoms with van der Waals surface area (Å²) in [4.78, 5) is 14.4. The molecule has 1 aromatic heterocycles. The standard InChI is InChI=1S/C20H21FN4OS/c1-3-25(13-15-9-5-4-6-10-15)18(26)14-27-20-23-22-19(24(20)2)16-11-7-8-12-17(16)21/h4-12H,3,13-14H2,1-2H3. The second-order valence-corrected chi connectivity index (χ2v) is 6.97. The van der Waals surface area contributed by atoms with Crippen LogP contribution in [0.2, 0.25) is 0 Å². The molecule has 2 aromatic carbocycles. The van der Waals surface area contributed by atoms with E-state index in [9.17, 15) is 9.18 Å². The van der Waals surface area contributed by atoms with Crippen LogP contribution in [0.3, 0.4) is 0 Å². The molecule has 0 fully saturated rings. The monoisotopic (exact) mass is 384 g/mol. The van der Waals surface area contributed by atoms with Crippen molar-refractivity contribution in [3.05, 3.63) is 66.0 Å². The first-order valence-corrected chi connectivity index (χ1v) is 9.67. The van der Waals surface area contributed by atoms with Crippen LogP contribution in [0.25, 0.3) is 11.4 Å². The summed E-state index contributed by atoms with van der Waals surface area (Å²) in [5.41, 5.74) is 1.49. The van der Waals surface area contributed by atoms with E-state index in [-0.39, 0.29) is 17.5 Å². The summed E-state index contributed by atoms with van der Waals surface area (Å²) >= 11 is 1.31. The van der Waals surface area contributed by atoms with E-state index in [0.717, 1.165) is 5.56 Å². The van der Waals surface area contributed by atoms with Gasteiger partial charge in [0.2, 0.25) is 5.91 Å². The minimum Gasteiger partial charge on any atom is -0.338 e. The Bertz CT molecular complexity index is 913. The molecule has 140 valence electrons. The van der Waals surface area contributed by atoms with Gasteiger partial charge in [-0.15, -0.1) is 10.2 Å². The molecule has 5 nitrogen and oxygen atoms in total. The Balaban J connectivity index is 1.66. The topological polar surface area (TPSA) is 51.0 Å². The number of rotatable bonds is 7. The molecule has 1 amide bonds. The van der Waals surface area contributed by atoms with E-state index < -0.39 is 0 Å². The molecule has 27 heavy (non-hydrogen) atoms. The Labute approximate surface area is 162 Å². The van der Waals surface area contributed by atoms with Crippen LogP contribution in [0.1, 0.15) is 12.5 Å². The summed E-state index contributed by atoms with van der Waals surface area (Å²) in [6, 6.07) is 16.3. The molecule has 0 radical (unpaired) electrons. The number of carbonyl (C=O) groups is 1. The van der Waals surface area contributed by atoms with Crippen molar-refractivity contribution in [1.82, 2.24) is 19.7 Å². The Morgan fingerprint density at radius 2 is 1.81 bits per heavy atom. The largest absolute Gasteiger partial charge is 0.338 e. The van der Waals surface area contributed by atoms with Gasteiger partial charge in [0, 0.05) is 20.1 Å². The zero-order valence-corrected chi connectivity index (χ0v) is 16.1. The minimum atomic E-state index is -0.347. The molecule has 0 atom stereocenters. The molecule has 7 heteroatoms. The average molecular weight is 384 g/mol. The number of hydrogen-bond donors (Lipinski definition) is 0. The highest BCUT2D eigenvalue weighted by Crippen LogP contribution is 2.24. The highest BCUT2D eigenvalue weighted by Gasteiger charge is 2.17. The van der Waals surface area contributed by atoms with Gasteiger partial charge in [-0.05, 0) is 24.6 Å². The van der Waals surface area contributed by atoms with E-state index >= 15 is 0 Å². The Morgan fingerprint density at radius 1 is 1.11 bits per heavy atom. The van der Waals surface area contributed by atoms with Gasteiger partial charge in [-0.25, -0.2) is 4.39 Å². The molecule has 0 saturated carbocycles. The van der Waals surface area contributed by atoms with E-state index in [1.165, 1.54) is 17.8 Å². The van der Waals surface area contributed by atoms with Gasteiger partial charge in [0.25, 0.3) is 0 Å². The number of nitrogens with zero attached hydrogens (tertiary/aromatic N) is 4. The molecule has 0 aliphatic carbocycles. The van der Waals surface area contributed by atoms with E-state index in [2.05, 4.69) is 10.2 Å². The third kappa shape index (κ3) is 4.54. The lowest BCUT2D eigenvalue weighted by atomic mass is 10.2. The average Bonchev–Trinajstić information content (AvgIpc) is 3.05. The fraction of sp³-hybridized carbons (Fsp3) is 0.250. The third-order valence-electron chi connectivity index (χ3n) is 4.23. The Kier molecular flexibility index (Phi) is 6.24. The van der Waals surface area contributed by atoms with Crippen LogP contribution in [0.4, 0.5) is 4.39 Å². The van der Waals surface area contributed by atoms with Crippen LogP contribution in [0.15, 0.2) is 59.8 Å². The predicted molar refractivity (Wildman–Crippen MR) is 105 cm³/mol. The number of amides is 1. The second-order valence-electron chi connectivity index (χ2n) is 6.03. The molecule has 0 spiro atoms. The van der Waals surface area contributed by atoms with Crippen LogP contribution >= 0.6 is 11.8 Å². The summed E-state index contributed by atoms with van der Waals surface area (Å²) in [6.07, 6.45) is 0. The highest BCUT2D eigenvalue weighted by molar-refractivity contribution is 7.99. The van der Waals surface area contributed by atoms with Crippen molar-refractivity contribution in [2.24, 2.45) is 7.05 Å². The number of hydrogen-bond acceptors (Lipinski definition) is 4. The zero-order chi connectivity index (χ0) is 19.2. The quantitative estimate of drug-likeness (QED) is 0.582. The summed E-state index contributed by atoms with van der Waals surface area (Å²) in [5.74, 6) is 0.381. The number of halogens is 1. The fourth-order valence-electron chi connectivity index (χ4n) is 2.72. The first-order valence-electron chi connectivity index (χ1n) is 8.69. The van der Waals surface area contributed by atoms with Crippen LogP contribution in [-0.4, -0.2) is 37.9 Å². The lowest BCUT2D eigenvalue weighted by Gasteiger charge is -2.20. The minimum absolute atomic E-state index is 0.0294. The zero-order valence-electron chi connectivity index (χ0n) is 15.3. The molecule has 0 saturated heterocycles. The Hall–Kier alpha value is -2.67. The molecule has 0 bridgehead atoms. The molecule has 0 unspecified atom stereocenters. The van der Waals surface area contributed by atoms with E-state index in [0.29, 0.717) is 29.6 Å². The van der Waals surface area contributed by atoms with Crippen molar-refractivity contribution in [3.8, 4) is 11.4 Å². The SMILES string of the molecule is CCN(Cc1ccccc1)C(=O)CSc1nnc(-c2ccccc2F)n1C. The maximum atomic E-state index is 14.0. The lowest BCUT2D eigenvalue weighted by Crippen LogP contribution is -2.31. The van der Waals surface area contributed by atoms with Gasteiger partial charge in [0.15, 0.2) is 11.0 Å². The normalized spacial score (nSPS) is 10.8. The lowest BCUT2D eigenvalue weighted by molar-refractivity contribution is -0.128. The van der Waals surface area contributed by atoms with Crippen LogP contribution in [0, 0.1) is 5.82 Å². The van der Waals surface area contributed by atoms with Gasteiger partial charge >= 0.3 is 0 Å². The first-order chi connectivity index (χ1) is 13.1. The van der Waals surface area contributed by atoms with Crippen LogP contribution < -0.4 is 0 Å². The van der Waals surface area contributed by atoms with Crippen molar-refractivity contribution >= 4 is 17.7 Å². The molecule has 3 aromatic rings. The van der Waals surface area contributed by atoms with Gasteiger partial charge in [-0.1, -0.05) is 54.2 Å². The second kappa shape index (κ2) is 8.81. The molecule has 0 N–H and O–H groups in total. The van der Waals surface area contributed by atoms with Gasteiger partial charge in [0.1, 0.15) is 5.82 Å². The summed E-state index contributed by atoms with van der Waals surface area (Å²) in [6.45, 7) is 3.17. The molecule has 1 heterocycles. The van der Waals surface area contributed by atoms with Gasteiger partial charge < -0.3 is 9.47 Å². The molecular weight excluding hydrogens is 363 g/mol. The summed E-state index contributed by atoms with van der Waals surface area (Å²) in [5, 5.41) is 8.78. The summed E-state index contributed by atoms with van der Waals surface area (Å²) < 4.78 is 15.7. The molecular formula is C20H21FN4OS. The van der Waals surface area contributed by atoms with Crippen molar-refractivity contribution in [3.63, 3.8) is 0 Å². The summed E-state index contributed by atoms with van der Waals surface area (Å²) in [7, 11) is 1.77. The Morgan fingerprint density at radius 3 is 2.52 bits per heavy atom. The van der Waals surface area contributed by atoms with Gasteiger partial charge in [0.05, 0.1) is 11.3 Å². The van der Waals surface area contributed by atoms with Crippen LogP contribution in [0.5, 0.6) is 0 Å². The third-order valence-corrected chi connectivity index (χ3v) is 5.23. The fourth-order valence-corrected chi connectivity index (χ4v) is 3.53. The smallest absolute Gasteiger partial charge is 0.233 e. The predicted octanol–water partition coefficient (Wildman–Crippen LogP) is 3.76. The van der Waals surface area contributed by atoms with E-state index in [1.54, 1.807) is 34.7 Å². The van der Waals surface area contributed by atoms with E-state index in [4.69, 9.17) is 0 Å². The van der Waals surface area contributed by atoms with E-state index in [1.807, 2.05) is 37.3 Å². The number of benzene rings is 2. The number of thioether (sulfide) groups is 1. The van der Waals surface area contributed by atoms with Crippen molar-refractivity contribution < 1.29 is 9.18 Å². The number of aromatic nitrogens is 3. The first kappa shape index (κ1) is 19.1. The van der Waals surface area contributed by atoms with Crippen molar-refractivity contribution in [1.29, 1.82) is 0 Å². The molecule has 0 aliphatic heterocycles. The van der Waals surface area contributed by atoms with Gasteiger partial charge in [-0.3, -0.25) is 4.79 Å².